The van der Waals surface area contributed by atoms with Gasteiger partial charge in [0.05, 0.1) is 6.54 Å². The highest BCUT2D eigenvalue weighted by molar-refractivity contribution is 5.93. The lowest BCUT2D eigenvalue weighted by Crippen LogP contribution is -2.50. The summed E-state index contributed by atoms with van der Waals surface area (Å²) in [5.74, 6) is -0.225. The summed E-state index contributed by atoms with van der Waals surface area (Å²) in [4.78, 5) is 41.0. The van der Waals surface area contributed by atoms with Crippen molar-refractivity contribution in [2.24, 2.45) is 0 Å². The number of rotatable bonds is 8. The number of hydrogen-bond donors (Lipinski definition) is 1. The molecule has 8 heteroatoms. The summed E-state index contributed by atoms with van der Waals surface area (Å²) < 4.78 is 1.37. The number of para-hydroxylation sites is 1. The number of nitrogens with one attached hydrogen (secondary N) is 1. The lowest BCUT2D eigenvalue weighted by atomic mass is 10.1. The van der Waals surface area contributed by atoms with E-state index in [1.807, 2.05) is 36.1 Å². The fourth-order valence-corrected chi connectivity index (χ4v) is 3.65. The molecule has 1 saturated heterocycles. The second kappa shape index (κ2) is 10.9. The first kappa shape index (κ1) is 22.7. The molecule has 31 heavy (non-hydrogen) atoms. The highest BCUT2D eigenvalue weighted by atomic mass is 16.2. The van der Waals surface area contributed by atoms with Crippen molar-refractivity contribution in [3.8, 4) is 0 Å². The Kier molecular flexibility index (Phi) is 7.94. The third kappa shape index (κ3) is 6.01. The Morgan fingerprint density at radius 1 is 1.03 bits per heavy atom. The zero-order chi connectivity index (χ0) is 22.2. The summed E-state index contributed by atoms with van der Waals surface area (Å²) in [7, 11) is 0. The number of amides is 2. The Bertz CT molecular complexity index is 964. The summed E-state index contributed by atoms with van der Waals surface area (Å²) >= 11 is 0. The first-order chi connectivity index (χ1) is 15.0. The molecule has 3 rings (SSSR count). The molecule has 166 valence electrons. The minimum Gasteiger partial charge on any atom is -0.335 e. The molecule has 0 aliphatic carbocycles. The van der Waals surface area contributed by atoms with Crippen LogP contribution in [0.3, 0.4) is 0 Å². The number of nitrogens with zero attached hydrogens (tertiary/aromatic N) is 4. The molecule has 1 aliphatic rings. The Morgan fingerprint density at radius 3 is 2.48 bits per heavy atom. The Labute approximate surface area is 182 Å². The van der Waals surface area contributed by atoms with E-state index in [4.69, 9.17) is 0 Å². The van der Waals surface area contributed by atoms with E-state index in [-0.39, 0.29) is 23.1 Å². The van der Waals surface area contributed by atoms with Crippen LogP contribution < -0.4 is 10.9 Å². The van der Waals surface area contributed by atoms with Crippen molar-refractivity contribution >= 4 is 17.5 Å². The van der Waals surface area contributed by atoms with Gasteiger partial charge in [-0.25, -0.2) is 4.68 Å². The molecule has 2 aromatic rings. The van der Waals surface area contributed by atoms with Crippen molar-refractivity contribution in [2.45, 2.75) is 39.7 Å². The average molecular weight is 426 g/mol. The summed E-state index contributed by atoms with van der Waals surface area (Å²) in [6, 6.07) is 10.7. The van der Waals surface area contributed by atoms with Crippen molar-refractivity contribution in [3.63, 3.8) is 0 Å². The average Bonchev–Trinajstić information content (AvgIpc) is 2.79. The van der Waals surface area contributed by atoms with Crippen molar-refractivity contribution < 1.29 is 9.59 Å². The third-order valence-electron chi connectivity index (χ3n) is 5.51. The molecule has 1 fully saturated rings. The fraction of sp³-hybridized carbons (Fsp3) is 0.478. The van der Waals surface area contributed by atoms with E-state index in [0.717, 1.165) is 30.5 Å². The molecule has 0 spiro atoms. The van der Waals surface area contributed by atoms with Gasteiger partial charge < -0.3 is 10.2 Å². The molecule has 1 aliphatic heterocycles. The van der Waals surface area contributed by atoms with Crippen LogP contribution in [0.2, 0.25) is 0 Å². The number of aryl methyl sites for hydroxylation is 2. The van der Waals surface area contributed by atoms with E-state index in [9.17, 15) is 14.4 Å². The number of anilines is 1. The molecule has 8 nitrogen and oxygen atoms in total. The van der Waals surface area contributed by atoms with E-state index in [1.54, 1.807) is 4.90 Å². The quantitative estimate of drug-likeness (QED) is 0.699. The second-order valence-electron chi connectivity index (χ2n) is 7.76. The van der Waals surface area contributed by atoms with E-state index in [0.29, 0.717) is 39.3 Å². The first-order valence-corrected chi connectivity index (χ1v) is 11.0. The Morgan fingerprint density at radius 2 is 1.77 bits per heavy atom. The number of benzene rings is 1. The van der Waals surface area contributed by atoms with Crippen LogP contribution in [0.25, 0.3) is 0 Å². The minimum absolute atomic E-state index is 0.0506. The van der Waals surface area contributed by atoms with Crippen LogP contribution in [0, 0.1) is 0 Å². The van der Waals surface area contributed by atoms with Crippen molar-refractivity contribution in [3.05, 3.63) is 58.0 Å². The Balaban J connectivity index is 1.53. The van der Waals surface area contributed by atoms with Crippen molar-refractivity contribution in [1.82, 2.24) is 19.6 Å². The van der Waals surface area contributed by atoms with E-state index >= 15 is 0 Å². The monoisotopic (exact) mass is 425 g/mol. The summed E-state index contributed by atoms with van der Waals surface area (Å²) in [5.41, 5.74) is 2.07. The number of piperazine rings is 1. The van der Waals surface area contributed by atoms with Crippen LogP contribution in [-0.2, 0) is 17.8 Å². The largest absolute Gasteiger partial charge is 0.335 e. The molecular formula is C23H31N5O3. The van der Waals surface area contributed by atoms with Gasteiger partial charge in [-0.1, -0.05) is 38.5 Å². The van der Waals surface area contributed by atoms with Crippen molar-refractivity contribution in [1.29, 1.82) is 0 Å². The van der Waals surface area contributed by atoms with E-state index < -0.39 is 0 Å². The van der Waals surface area contributed by atoms with Gasteiger partial charge in [0.1, 0.15) is 5.69 Å². The second-order valence-corrected chi connectivity index (χ2v) is 7.76. The van der Waals surface area contributed by atoms with Crippen LogP contribution in [0.15, 0.2) is 41.2 Å². The molecule has 1 aromatic carbocycles. The standard InChI is InChI=1S/C23H31N5O3/c1-3-5-12-28-22(30)11-10-20(25-28)23(31)27-15-13-26(14-16-27)17-21(29)24-19-9-7-6-8-18(19)4-2/h6-11H,3-5,12-17H2,1-2H3,(H,24,29). The van der Waals surface area contributed by atoms with Gasteiger partial charge in [-0.15, -0.1) is 0 Å². The van der Waals surface area contributed by atoms with Crippen LogP contribution in [0.1, 0.15) is 42.7 Å². The SMILES string of the molecule is CCCCn1nc(C(=O)N2CCN(CC(=O)Nc3ccccc3CC)CC2)ccc1=O. The maximum absolute atomic E-state index is 12.8. The van der Waals surface area contributed by atoms with Crippen molar-refractivity contribution in [2.75, 3.05) is 38.0 Å². The van der Waals surface area contributed by atoms with Gasteiger partial charge >= 0.3 is 0 Å². The van der Waals surface area contributed by atoms with Crippen LogP contribution in [0.4, 0.5) is 5.69 Å². The minimum atomic E-state index is -0.189. The van der Waals surface area contributed by atoms with Gasteiger partial charge in [0.25, 0.3) is 11.5 Å². The van der Waals surface area contributed by atoms with E-state index in [2.05, 4.69) is 17.3 Å². The zero-order valence-electron chi connectivity index (χ0n) is 18.3. The van der Waals surface area contributed by atoms with Gasteiger partial charge in [0.15, 0.2) is 0 Å². The summed E-state index contributed by atoms with van der Waals surface area (Å²) in [5, 5.41) is 7.24. The van der Waals surface area contributed by atoms with Gasteiger partial charge in [-0.3, -0.25) is 19.3 Å². The molecule has 2 amide bonds. The van der Waals surface area contributed by atoms with Gasteiger partial charge in [-0.05, 0) is 30.5 Å². The highest BCUT2D eigenvalue weighted by Crippen LogP contribution is 2.15. The smallest absolute Gasteiger partial charge is 0.274 e. The summed E-state index contributed by atoms with van der Waals surface area (Å²) in [6.45, 7) is 7.18. The maximum atomic E-state index is 12.8. The normalized spacial score (nSPS) is 14.5. The molecule has 0 unspecified atom stereocenters. The van der Waals surface area contributed by atoms with Gasteiger partial charge in [-0.2, -0.15) is 5.10 Å². The third-order valence-corrected chi connectivity index (χ3v) is 5.51. The number of hydrogen-bond acceptors (Lipinski definition) is 5. The molecule has 0 atom stereocenters. The first-order valence-electron chi connectivity index (χ1n) is 11.0. The topological polar surface area (TPSA) is 87.5 Å². The number of carbonyl (C=O) groups excluding carboxylic acids is 2. The number of carbonyl (C=O) groups is 2. The molecule has 0 bridgehead atoms. The number of aromatic nitrogens is 2. The molecule has 0 radical (unpaired) electrons. The summed E-state index contributed by atoms with van der Waals surface area (Å²) in [6.07, 6.45) is 2.65. The molecule has 0 saturated carbocycles. The molecule has 1 N–H and O–H groups in total. The molecular weight excluding hydrogens is 394 g/mol. The maximum Gasteiger partial charge on any atom is 0.274 e. The molecule has 2 heterocycles. The Hall–Kier alpha value is -3.00. The molecule has 1 aromatic heterocycles. The highest BCUT2D eigenvalue weighted by Gasteiger charge is 2.24. The van der Waals surface area contributed by atoms with Crippen LogP contribution >= 0.6 is 0 Å². The fourth-order valence-electron chi connectivity index (χ4n) is 3.65. The predicted molar refractivity (Wildman–Crippen MR) is 120 cm³/mol. The zero-order valence-corrected chi connectivity index (χ0v) is 18.3. The van der Waals surface area contributed by atoms with Crippen LogP contribution in [-0.4, -0.2) is 64.1 Å². The van der Waals surface area contributed by atoms with E-state index in [1.165, 1.54) is 16.8 Å². The van der Waals surface area contributed by atoms with Crippen LogP contribution in [0.5, 0.6) is 0 Å². The lowest BCUT2D eigenvalue weighted by Gasteiger charge is -2.34. The number of unbranched alkanes of at least 4 members (excludes halogenated alkanes) is 1. The lowest BCUT2D eigenvalue weighted by molar-refractivity contribution is -0.117. The van der Waals surface area contributed by atoms with Gasteiger partial charge in [0.2, 0.25) is 5.91 Å². The van der Waals surface area contributed by atoms with Gasteiger partial charge in [0, 0.05) is 44.5 Å². The predicted octanol–water partition coefficient (Wildman–Crippen LogP) is 2.00.